The molecule has 64 valence electrons. The van der Waals surface area contributed by atoms with Gasteiger partial charge in [-0.3, -0.25) is 0 Å². The predicted molar refractivity (Wildman–Crippen MR) is 47.9 cm³/mol. The van der Waals surface area contributed by atoms with Crippen LogP contribution in [0, 0.1) is 0 Å². The van der Waals surface area contributed by atoms with Crippen molar-refractivity contribution in [3.05, 3.63) is 23.9 Å². The van der Waals surface area contributed by atoms with Crippen molar-refractivity contribution in [2.24, 2.45) is 5.16 Å². The zero-order valence-electron chi connectivity index (χ0n) is 7.10. The third-order valence-corrected chi connectivity index (χ3v) is 1.44. The lowest BCUT2D eigenvalue weighted by atomic mass is 10.3. The Kier molecular flexibility index (Phi) is 2.63. The van der Waals surface area contributed by atoms with Gasteiger partial charge in [-0.25, -0.2) is 4.98 Å². The number of rotatable bonds is 2. The number of anilines is 1. The van der Waals surface area contributed by atoms with E-state index in [1.807, 2.05) is 31.1 Å². The van der Waals surface area contributed by atoms with Gasteiger partial charge in [-0.1, -0.05) is 5.16 Å². The lowest BCUT2D eigenvalue weighted by molar-refractivity contribution is 0.322. The summed E-state index contributed by atoms with van der Waals surface area (Å²) in [7, 11) is 3.84. The van der Waals surface area contributed by atoms with Gasteiger partial charge in [0, 0.05) is 25.9 Å². The molecule has 4 heteroatoms. The summed E-state index contributed by atoms with van der Waals surface area (Å²) in [5, 5.41) is 11.1. The molecule has 0 saturated heterocycles. The van der Waals surface area contributed by atoms with Gasteiger partial charge in [0.15, 0.2) is 0 Å². The summed E-state index contributed by atoms with van der Waals surface area (Å²) >= 11 is 0. The lowest BCUT2D eigenvalue weighted by Crippen LogP contribution is -2.10. The highest BCUT2D eigenvalue weighted by atomic mass is 16.4. The Labute approximate surface area is 71.1 Å². The molecule has 1 heterocycles. The second-order valence-electron chi connectivity index (χ2n) is 2.59. The highest BCUT2D eigenvalue weighted by molar-refractivity contribution is 5.78. The van der Waals surface area contributed by atoms with Gasteiger partial charge in [-0.05, 0) is 12.1 Å². The molecule has 0 aliphatic carbocycles. The molecule has 1 N–H and O–H groups in total. The summed E-state index contributed by atoms with van der Waals surface area (Å²) in [4.78, 5) is 6.02. The molecule has 0 radical (unpaired) electrons. The van der Waals surface area contributed by atoms with Gasteiger partial charge in [0.2, 0.25) is 0 Å². The van der Waals surface area contributed by atoms with Crippen molar-refractivity contribution in [2.45, 2.75) is 0 Å². The predicted octanol–water partition coefficient (Wildman–Crippen LogP) is 0.956. The SMILES string of the molecule is CN(C)c1ccc(/C=N\O)cn1. The van der Waals surface area contributed by atoms with Gasteiger partial charge in [-0.15, -0.1) is 0 Å². The van der Waals surface area contributed by atoms with E-state index in [1.165, 1.54) is 6.21 Å². The van der Waals surface area contributed by atoms with Crippen molar-refractivity contribution in [2.75, 3.05) is 19.0 Å². The lowest BCUT2D eigenvalue weighted by Gasteiger charge is -2.09. The number of aromatic nitrogens is 1. The summed E-state index contributed by atoms with van der Waals surface area (Å²) in [6.45, 7) is 0. The van der Waals surface area contributed by atoms with Crippen LogP contribution in [0.1, 0.15) is 5.56 Å². The van der Waals surface area contributed by atoms with Crippen LogP contribution in [-0.4, -0.2) is 30.5 Å². The van der Waals surface area contributed by atoms with Gasteiger partial charge in [0.1, 0.15) is 5.82 Å². The first-order chi connectivity index (χ1) is 5.74. The molecule has 1 aromatic heterocycles. The third kappa shape index (κ3) is 1.95. The second-order valence-corrected chi connectivity index (χ2v) is 2.59. The Morgan fingerprint density at radius 1 is 1.50 bits per heavy atom. The van der Waals surface area contributed by atoms with E-state index in [0.29, 0.717) is 0 Å². The molecule has 1 aromatic rings. The molecular formula is C8H11N3O. The van der Waals surface area contributed by atoms with E-state index in [1.54, 1.807) is 6.20 Å². The molecule has 0 saturated carbocycles. The van der Waals surface area contributed by atoms with E-state index < -0.39 is 0 Å². The van der Waals surface area contributed by atoms with Crippen LogP contribution in [0.25, 0.3) is 0 Å². The first kappa shape index (κ1) is 8.52. The van der Waals surface area contributed by atoms with Gasteiger partial charge >= 0.3 is 0 Å². The normalized spacial score (nSPS) is 10.5. The number of oxime groups is 1. The maximum absolute atomic E-state index is 8.23. The van der Waals surface area contributed by atoms with Crippen LogP contribution in [0.3, 0.4) is 0 Å². The summed E-state index contributed by atoms with van der Waals surface area (Å²) in [6, 6.07) is 3.69. The highest BCUT2D eigenvalue weighted by Crippen LogP contribution is 2.05. The van der Waals surface area contributed by atoms with Crippen molar-refractivity contribution in [1.82, 2.24) is 4.98 Å². The molecular weight excluding hydrogens is 154 g/mol. The molecule has 0 aliphatic heterocycles. The first-order valence-corrected chi connectivity index (χ1v) is 3.55. The third-order valence-electron chi connectivity index (χ3n) is 1.44. The van der Waals surface area contributed by atoms with Crippen molar-refractivity contribution < 1.29 is 5.21 Å². The van der Waals surface area contributed by atoms with Crippen LogP contribution >= 0.6 is 0 Å². The van der Waals surface area contributed by atoms with E-state index >= 15 is 0 Å². The van der Waals surface area contributed by atoms with Crippen LogP contribution in [-0.2, 0) is 0 Å². The maximum atomic E-state index is 8.23. The van der Waals surface area contributed by atoms with Crippen LogP contribution in [0.2, 0.25) is 0 Å². The molecule has 0 bridgehead atoms. The minimum atomic E-state index is 0.781. The van der Waals surface area contributed by atoms with Gasteiger partial charge < -0.3 is 10.1 Å². The fourth-order valence-electron chi connectivity index (χ4n) is 0.805. The van der Waals surface area contributed by atoms with Crippen molar-refractivity contribution in [3.63, 3.8) is 0 Å². The summed E-state index contributed by atoms with van der Waals surface area (Å²) in [5.74, 6) is 0.880. The zero-order chi connectivity index (χ0) is 8.97. The van der Waals surface area contributed by atoms with E-state index in [-0.39, 0.29) is 0 Å². The molecule has 0 aromatic carbocycles. The standard InChI is InChI=1S/C8H11N3O/c1-11(2)8-4-3-7(5-9-8)6-10-12/h3-6,12H,1-2H3/b10-6-. The molecule has 0 fully saturated rings. The van der Waals surface area contributed by atoms with Gasteiger partial charge in [0.25, 0.3) is 0 Å². The van der Waals surface area contributed by atoms with Crippen LogP contribution < -0.4 is 4.90 Å². The molecule has 0 amide bonds. The maximum Gasteiger partial charge on any atom is 0.127 e. The van der Waals surface area contributed by atoms with Crippen LogP contribution in [0.4, 0.5) is 5.82 Å². The fraction of sp³-hybridized carbons (Fsp3) is 0.250. The molecule has 12 heavy (non-hydrogen) atoms. The quantitative estimate of drug-likeness (QED) is 0.403. The van der Waals surface area contributed by atoms with Crippen LogP contribution in [0.5, 0.6) is 0 Å². The minimum absolute atomic E-state index is 0.781. The number of nitrogens with zero attached hydrogens (tertiary/aromatic N) is 3. The Balaban J connectivity index is 2.85. The van der Waals surface area contributed by atoms with Crippen molar-refractivity contribution >= 4 is 12.0 Å². The summed E-state index contributed by atoms with van der Waals surface area (Å²) in [5.41, 5.74) is 0.781. The van der Waals surface area contributed by atoms with E-state index in [2.05, 4.69) is 10.1 Å². The topological polar surface area (TPSA) is 48.7 Å². The Hall–Kier alpha value is -1.58. The molecule has 4 nitrogen and oxygen atoms in total. The van der Waals surface area contributed by atoms with E-state index in [4.69, 9.17) is 5.21 Å². The molecule has 0 atom stereocenters. The summed E-state index contributed by atoms with van der Waals surface area (Å²) in [6.07, 6.45) is 2.99. The smallest absolute Gasteiger partial charge is 0.127 e. The van der Waals surface area contributed by atoms with Crippen molar-refractivity contribution in [1.29, 1.82) is 0 Å². The molecule has 1 rings (SSSR count). The average molecular weight is 165 g/mol. The second kappa shape index (κ2) is 3.71. The van der Waals surface area contributed by atoms with Crippen LogP contribution in [0.15, 0.2) is 23.5 Å². The highest BCUT2D eigenvalue weighted by Gasteiger charge is 1.94. The first-order valence-electron chi connectivity index (χ1n) is 3.55. The zero-order valence-corrected chi connectivity index (χ0v) is 7.10. The number of pyridine rings is 1. The Morgan fingerprint density at radius 2 is 2.25 bits per heavy atom. The van der Waals surface area contributed by atoms with Crippen molar-refractivity contribution in [3.8, 4) is 0 Å². The monoisotopic (exact) mass is 165 g/mol. The number of hydrogen-bond donors (Lipinski definition) is 1. The Morgan fingerprint density at radius 3 is 2.67 bits per heavy atom. The molecule has 0 unspecified atom stereocenters. The van der Waals surface area contributed by atoms with E-state index in [9.17, 15) is 0 Å². The molecule has 0 aliphatic rings. The van der Waals surface area contributed by atoms with E-state index in [0.717, 1.165) is 11.4 Å². The largest absolute Gasteiger partial charge is 0.411 e. The Bertz CT molecular complexity index is 266. The molecule has 0 spiro atoms. The average Bonchev–Trinajstić information content (AvgIpc) is 2.06. The minimum Gasteiger partial charge on any atom is -0.411 e. The number of hydrogen-bond acceptors (Lipinski definition) is 4. The fourth-order valence-corrected chi connectivity index (χ4v) is 0.805. The van der Waals surface area contributed by atoms with Gasteiger partial charge in [-0.2, -0.15) is 0 Å². The summed E-state index contributed by atoms with van der Waals surface area (Å²) < 4.78 is 0. The van der Waals surface area contributed by atoms with Gasteiger partial charge in [0.05, 0.1) is 6.21 Å².